The van der Waals surface area contributed by atoms with E-state index in [1.54, 1.807) is 6.20 Å². The molecule has 138 valence electrons. The highest BCUT2D eigenvalue weighted by Crippen LogP contribution is 2.27. The number of nitrogens with one attached hydrogen (secondary N) is 1. The number of carbonyl (C=O) groups excluding carboxylic acids is 1. The fourth-order valence-electron chi connectivity index (χ4n) is 4.19. The first-order chi connectivity index (χ1) is 12.5. The summed E-state index contributed by atoms with van der Waals surface area (Å²) in [5, 5.41) is 8.83. The number of benzene rings is 1. The molecule has 2 aromatic rings. The topological polar surface area (TPSA) is 50.2 Å². The molecule has 4 rings (SSSR count). The zero-order valence-corrected chi connectivity index (χ0v) is 16.0. The summed E-state index contributed by atoms with van der Waals surface area (Å²) in [6.07, 6.45) is 5.14. The van der Waals surface area contributed by atoms with E-state index in [2.05, 4.69) is 24.3 Å². The molecule has 2 bridgehead atoms. The zero-order valence-electron chi connectivity index (χ0n) is 15.3. The van der Waals surface area contributed by atoms with Crippen LogP contribution in [-0.2, 0) is 0 Å². The molecule has 1 aromatic carbocycles. The summed E-state index contributed by atoms with van der Waals surface area (Å²) >= 11 is 6.15. The van der Waals surface area contributed by atoms with Crippen molar-refractivity contribution in [3.8, 4) is 5.69 Å². The van der Waals surface area contributed by atoms with E-state index < -0.39 is 0 Å². The normalized spacial score (nSPS) is 22.7. The van der Waals surface area contributed by atoms with E-state index in [0.717, 1.165) is 37.3 Å². The summed E-state index contributed by atoms with van der Waals surface area (Å²) in [5.41, 5.74) is 2.54. The first-order valence-corrected chi connectivity index (χ1v) is 9.80. The summed E-state index contributed by atoms with van der Waals surface area (Å²) in [7, 11) is 0. The molecule has 0 radical (unpaired) electrons. The molecule has 1 aromatic heterocycles. The number of hydrogen-bond acceptors (Lipinski definition) is 3. The molecule has 0 aliphatic carbocycles. The van der Waals surface area contributed by atoms with Crippen molar-refractivity contribution in [3.05, 3.63) is 46.7 Å². The highest BCUT2D eigenvalue weighted by molar-refractivity contribution is 6.30. The number of carbonyl (C=O) groups is 1. The van der Waals surface area contributed by atoms with E-state index in [1.165, 1.54) is 6.42 Å². The van der Waals surface area contributed by atoms with Crippen LogP contribution in [0.5, 0.6) is 0 Å². The Kier molecular flexibility index (Phi) is 4.76. The van der Waals surface area contributed by atoms with Gasteiger partial charge in [-0.25, -0.2) is 4.68 Å². The minimum Gasteiger partial charge on any atom is -0.337 e. The van der Waals surface area contributed by atoms with Crippen molar-refractivity contribution in [3.63, 3.8) is 0 Å². The molecule has 5 nitrogen and oxygen atoms in total. The van der Waals surface area contributed by atoms with Gasteiger partial charge in [-0.2, -0.15) is 5.10 Å². The van der Waals surface area contributed by atoms with Gasteiger partial charge < -0.3 is 10.2 Å². The van der Waals surface area contributed by atoms with Crippen LogP contribution in [0, 0.1) is 0 Å². The number of hydrogen-bond donors (Lipinski definition) is 1. The lowest BCUT2D eigenvalue weighted by Gasteiger charge is -2.25. The van der Waals surface area contributed by atoms with E-state index in [-0.39, 0.29) is 11.8 Å². The van der Waals surface area contributed by atoms with Gasteiger partial charge in [-0.05, 0) is 43.4 Å². The third kappa shape index (κ3) is 3.26. The molecule has 2 aliphatic rings. The average Bonchev–Trinajstić information content (AvgIpc) is 3.18. The van der Waals surface area contributed by atoms with Crippen molar-refractivity contribution in [2.75, 3.05) is 13.1 Å². The van der Waals surface area contributed by atoms with E-state index in [4.69, 9.17) is 11.6 Å². The van der Waals surface area contributed by atoms with Gasteiger partial charge in [-0.1, -0.05) is 31.5 Å². The number of rotatable bonds is 3. The first-order valence-electron chi connectivity index (χ1n) is 9.42. The zero-order chi connectivity index (χ0) is 18.3. The Balaban J connectivity index is 1.67. The number of fused-ring (bicyclic) bond motifs is 2. The number of likely N-dealkylation sites (tertiary alicyclic amines) is 1. The van der Waals surface area contributed by atoms with E-state index >= 15 is 0 Å². The smallest absolute Gasteiger partial charge is 0.257 e. The Bertz CT molecular complexity index is 816. The maximum absolute atomic E-state index is 13.3. The van der Waals surface area contributed by atoms with Gasteiger partial charge in [-0.3, -0.25) is 4.79 Å². The maximum atomic E-state index is 13.3. The molecule has 26 heavy (non-hydrogen) atoms. The molecule has 0 spiro atoms. The van der Waals surface area contributed by atoms with Crippen LogP contribution >= 0.6 is 11.6 Å². The molecular weight excluding hydrogens is 348 g/mol. The number of halogens is 1. The van der Waals surface area contributed by atoms with E-state index in [0.29, 0.717) is 22.7 Å². The molecule has 2 fully saturated rings. The summed E-state index contributed by atoms with van der Waals surface area (Å²) in [6, 6.07) is 8.59. The van der Waals surface area contributed by atoms with Crippen LogP contribution in [0.1, 0.15) is 55.1 Å². The SMILES string of the molecule is CC(C)c1c(C(=O)N2CCC3CCC(C2)N3)cnn1-c1cccc(Cl)c1. The Labute approximate surface area is 159 Å². The maximum Gasteiger partial charge on any atom is 0.257 e. The van der Waals surface area contributed by atoms with Crippen LogP contribution in [0.4, 0.5) is 0 Å². The average molecular weight is 373 g/mol. The number of nitrogens with zero attached hydrogens (tertiary/aromatic N) is 3. The van der Waals surface area contributed by atoms with Crippen molar-refractivity contribution in [1.82, 2.24) is 20.0 Å². The van der Waals surface area contributed by atoms with Gasteiger partial charge in [0.25, 0.3) is 5.91 Å². The Morgan fingerprint density at radius 1 is 1.27 bits per heavy atom. The van der Waals surface area contributed by atoms with Crippen molar-refractivity contribution < 1.29 is 4.79 Å². The lowest BCUT2D eigenvalue weighted by molar-refractivity contribution is 0.0746. The molecule has 0 saturated carbocycles. The lowest BCUT2D eigenvalue weighted by atomic mass is 10.0. The van der Waals surface area contributed by atoms with Gasteiger partial charge in [0.15, 0.2) is 0 Å². The van der Waals surface area contributed by atoms with E-state index in [1.807, 2.05) is 33.8 Å². The fourth-order valence-corrected chi connectivity index (χ4v) is 4.37. The minimum atomic E-state index is 0.0938. The van der Waals surface area contributed by atoms with Crippen LogP contribution in [0.2, 0.25) is 5.02 Å². The van der Waals surface area contributed by atoms with Gasteiger partial charge in [-0.15, -0.1) is 0 Å². The fraction of sp³-hybridized carbons (Fsp3) is 0.500. The molecule has 2 atom stereocenters. The van der Waals surface area contributed by atoms with Gasteiger partial charge in [0.05, 0.1) is 23.1 Å². The monoisotopic (exact) mass is 372 g/mol. The van der Waals surface area contributed by atoms with Crippen molar-refractivity contribution >= 4 is 17.5 Å². The van der Waals surface area contributed by atoms with Crippen molar-refractivity contribution in [2.24, 2.45) is 0 Å². The van der Waals surface area contributed by atoms with Gasteiger partial charge >= 0.3 is 0 Å². The summed E-state index contributed by atoms with van der Waals surface area (Å²) < 4.78 is 1.85. The van der Waals surface area contributed by atoms with Gasteiger partial charge in [0.2, 0.25) is 0 Å². The second-order valence-electron chi connectivity index (χ2n) is 7.67. The van der Waals surface area contributed by atoms with Crippen molar-refractivity contribution in [2.45, 2.75) is 51.1 Å². The molecule has 1 amide bonds. The van der Waals surface area contributed by atoms with Gasteiger partial charge in [0.1, 0.15) is 0 Å². The molecule has 1 N–H and O–H groups in total. The second kappa shape index (κ2) is 7.05. The highest BCUT2D eigenvalue weighted by atomic mass is 35.5. The predicted octanol–water partition coefficient (Wildman–Crippen LogP) is 3.62. The quantitative estimate of drug-likeness (QED) is 0.895. The van der Waals surface area contributed by atoms with Crippen LogP contribution < -0.4 is 5.32 Å². The molecule has 2 saturated heterocycles. The Morgan fingerprint density at radius 3 is 2.85 bits per heavy atom. The first kappa shape index (κ1) is 17.6. The second-order valence-corrected chi connectivity index (χ2v) is 8.10. The highest BCUT2D eigenvalue weighted by Gasteiger charge is 2.33. The third-order valence-electron chi connectivity index (χ3n) is 5.45. The molecule has 3 heterocycles. The summed E-state index contributed by atoms with van der Waals surface area (Å²) in [6.45, 7) is 5.80. The molecule has 2 unspecified atom stereocenters. The van der Waals surface area contributed by atoms with Crippen LogP contribution in [-0.4, -0.2) is 45.8 Å². The minimum absolute atomic E-state index is 0.0938. The molecular formula is C20H25ClN4O. The lowest BCUT2D eigenvalue weighted by Crippen LogP contribution is -2.39. The van der Waals surface area contributed by atoms with Crippen LogP contribution in [0.25, 0.3) is 5.69 Å². The van der Waals surface area contributed by atoms with Gasteiger partial charge in [0, 0.05) is 30.2 Å². The predicted molar refractivity (Wildman–Crippen MR) is 103 cm³/mol. The summed E-state index contributed by atoms with van der Waals surface area (Å²) in [5.74, 6) is 0.272. The number of aromatic nitrogens is 2. The number of amides is 1. The van der Waals surface area contributed by atoms with Crippen molar-refractivity contribution in [1.29, 1.82) is 0 Å². The van der Waals surface area contributed by atoms with Crippen LogP contribution in [0.3, 0.4) is 0 Å². The Hall–Kier alpha value is -1.85. The third-order valence-corrected chi connectivity index (χ3v) is 5.68. The standard InChI is InChI=1S/C20H25ClN4O/c1-13(2)19-18(11-22-25(19)17-5-3-4-14(21)10-17)20(26)24-9-8-15-6-7-16(12-24)23-15/h3-5,10-11,13,15-16,23H,6-9,12H2,1-2H3. The summed E-state index contributed by atoms with van der Waals surface area (Å²) in [4.78, 5) is 15.3. The molecule has 6 heteroatoms. The van der Waals surface area contributed by atoms with Crippen LogP contribution in [0.15, 0.2) is 30.5 Å². The van der Waals surface area contributed by atoms with E-state index in [9.17, 15) is 4.79 Å². The largest absolute Gasteiger partial charge is 0.337 e. The Morgan fingerprint density at radius 2 is 2.08 bits per heavy atom. The molecule has 2 aliphatic heterocycles.